The molecule has 2 atom stereocenters. The summed E-state index contributed by atoms with van der Waals surface area (Å²) in [6, 6.07) is 0. The van der Waals surface area contributed by atoms with Crippen LogP contribution in [0.25, 0.3) is 0 Å². The van der Waals surface area contributed by atoms with E-state index in [9.17, 15) is 9.46 Å². The van der Waals surface area contributed by atoms with Crippen LogP contribution < -0.4 is 0 Å². The molecule has 128 valence electrons. The summed E-state index contributed by atoms with van der Waals surface area (Å²) in [6.45, 7) is 8.00. The molecule has 0 bridgehead atoms. The van der Waals surface area contributed by atoms with Crippen molar-refractivity contribution in [3.8, 4) is 0 Å². The Hall–Kier alpha value is 0.110. The number of phosphoric acid groups is 1. The van der Waals surface area contributed by atoms with Gasteiger partial charge < -0.3 is 4.89 Å². The SMILES string of the molecule is CCCCCCC(C)OP(=O)(O)OC(C)CCCCCC. The topological polar surface area (TPSA) is 55.8 Å². The number of rotatable bonds is 14. The Bertz CT molecular complexity index is 259. The average molecular weight is 322 g/mol. The molecule has 0 aromatic rings. The van der Waals surface area contributed by atoms with Gasteiger partial charge in [-0.2, -0.15) is 0 Å². The Balaban J connectivity index is 3.86. The molecule has 21 heavy (non-hydrogen) atoms. The summed E-state index contributed by atoms with van der Waals surface area (Å²) in [4.78, 5) is 9.77. The molecule has 2 unspecified atom stereocenters. The van der Waals surface area contributed by atoms with Crippen molar-refractivity contribution in [1.82, 2.24) is 0 Å². The lowest BCUT2D eigenvalue weighted by atomic mass is 10.1. The monoisotopic (exact) mass is 322 g/mol. The fraction of sp³-hybridized carbons (Fsp3) is 1.00. The van der Waals surface area contributed by atoms with Crippen molar-refractivity contribution in [1.29, 1.82) is 0 Å². The molecule has 0 aliphatic heterocycles. The zero-order valence-electron chi connectivity index (χ0n) is 14.3. The maximum absolute atomic E-state index is 11.9. The third kappa shape index (κ3) is 13.5. The van der Waals surface area contributed by atoms with Crippen LogP contribution in [0.15, 0.2) is 0 Å². The van der Waals surface area contributed by atoms with E-state index in [0.29, 0.717) is 0 Å². The van der Waals surface area contributed by atoms with Gasteiger partial charge in [-0.15, -0.1) is 0 Å². The van der Waals surface area contributed by atoms with Crippen LogP contribution in [0.2, 0.25) is 0 Å². The van der Waals surface area contributed by atoms with E-state index in [2.05, 4.69) is 13.8 Å². The van der Waals surface area contributed by atoms with Crippen molar-refractivity contribution in [2.75, 3.05) is 0 Å². The molecule has 0 saturated carbocycles. The highest BCUT2D eigenvalue weighted by Crippen LogP contribution is 2.46. The van der Waals surface area contributed by atoms with Gasteiger partial charge in [0.2, 0.25) is 0 Å². The minimum absolute atomic E-state index is 0.231. The predicted molar refractivity (Wildman–Crippen MR) is 88.4 cm³/mol. The Morgan fingerprint density at radius 3 is 1.52 bits per heavy atom. The van der Waals surface area contributed by atoms with Gasteiger partial charge in [0.1, 0.15) is 0 Å². The number of hydrogen-bond donors (Lipinski definition) is 1. The molecule has 0 aromatic heterocycles. The number of unbranched alkanes of at least 4 members (excludes halogenated alkanes) is 6. The fourth-order valence-corrected chi connectivity index (χ4v) is 3.47. The number of hydrogen-bond acceptors (Lipinski definition) is 3. The molecule has 0 aromatic carbocycles. The van der Waals surface area contributed by atoms with E-state index >= 15 is 0 Å². The zero-order valence-corrected chi connectivity index (χ0v) is 15.2. The zero-order chi connectivity index (χ0) is 16.1. The van der Waals surface area contributed by atoms with Crippen molar-refractivity contribution in [3.05, 3.63) is 0 Å². The molecule has 0 spiro atoms. The number of phosphoric ester groups is 1. The van der Waals surface area contributed by atoms with E-state index in [0.717, 1.165) is 38.5 Å². The van der Waals surface area contributed by atoms with Crippen molar-refractivity contribution in [3.63, 3.8) is 0 Å². The van der Waals surface area contributed by atoms with Crippen molar-refractivity contribution >= 4 is 7.82 Å². The Kier molecular flexibility index (Phi) is 12.7. The highest BCUT2D eigenvalue weighted by molar-refractivity contribution is 7.47. The third-order valence-electron chi connectivity index (χ3n) is 3.55. The van der Waals surface area contributed by atoms with Gasteiger partial charge in [0.05, 0.1) is 12.2 Å². The first-order valence-electron chi connectivity index (χ1n) is 8.60. The second-order valence-corrected chi connectivity index (χ2v) is 7.36. The first kappa shape index (κ1) is 21.1. The Morgan fingerprint density at radius 1 is 0.810 bits per heavy atom. The lowest BCUT2D eigenvalue weighted by Crippen LogP contribution is -2.12. The van der Waals surface area contributed by atoms with Crippen LogP contribution in [0.5, 0.6) is 0 Å². The molecule has 0 aliphatic carbocycles. The van der Waals surface area contributed by atoms with Crippen LogP contribution in [-0.2, 0) is 13.6 Å². The molecule has 1 N–H and O–H groups in total. The van der Waals surface area contributed by atoms with Gasteiger partial charge in [0.25, 0.3) is 0 Å². The molecular formula is C16H35O4P. The standard InChI is InChI=1S/C16H35O4P/c1-5-7-9-11-13-15(3)19-21(17,18)20-16(4)14-12-10-8-6-2/h15-16H,5-14H2,1-4H3,(H,17,18). The van der Waals surface area contributed by atoms with Gasteiger partial charge in [0.15, 0.2) is 0 Å². The lowest BCUT2D eigenvalue weighted by Gasteiger charge is -2.20. The second kappa shape index (κ2) is 12.6. The van der Waals surface area contributed by atoms with Crippen LogP contribution in [0.1, 0.15) is 91.9 Å². The highest BCUT2D eigenvalue weighted by atomic mass is 31.2. The summed E-state index contributed by atoms with van der Waals surface area (Å²) in [6.07, 6.45) is 10.3. The predicted octanol–water partition coefficient (Wildman–Crippen LogP) is 5.84. The fourth-order valence-electron chi connectivity index (χ4n) is 2.30. The van der Waals surface area contributed by atoms with Gasteiger partial charge in [-0.3, -0.25) is 9.05 Å². The molecule has 0 amide bonds. The smallest absolute Gasteiger partial charge is 0.302 e. The summed E-state index contributed by atoms with van der Waals surface area (Å²) < 4.78 is 22.3. The maximum atomic E-state index is 11.9. The van der Waals surface area contributed by atoms with Crippen molar-refractivity contribution < 1.29 is 18.5 Å². The molecule has 0 rings (SSSR count). The second-order valence-electron chi connectivity index (χ2n) is 6.00. The summed E-state index contributed by atoms with van der Waals surface area (Å²) in [5, 5.41) is 0. The molecule has 0 heterocycles. The first-order valence-corrected chi connectivity index (χ1v) is 10.1. The average Bonchev–Trinajstić information content (AvgIpc) is 2.38. The Morgan fingerprint density at radius 2 is 1.19 bits per heavy atom. The van der Waals surface area contributed by atoms with Crippen LogP contribution in [0.3, 0.4) is 0 Å². The summed E-state index contributed by atoms with van der Waals surface area (Å²) in [5.41, 5.74) is 0. The van der Waals surface area contributed by atoms with E-state index < -0.39 is 7.82 Å². The van der Waals surface area contributed by atoms with E-state index in [1.54, 1.807) is 0 Å². The summed E-state index contributed by atoms with van der Waals surface area (Å²) in [5.74, 6) is 0. The molecule has 5 heteroatoms. The normalized spacial score (nSPS) is 17.4. The first-order chi connectivity index (χ1) is 9.91. The molecular weight excluding hydrogens is 287 g/mol. The van der Waals surface area contributed by atoms with E-state index in [1.165, 1.54) is 25.7 Å². The maximum Gasteiger partial charge on any atom is 0.472 e. The molecule has 0 saturated heterocycles. The highest BCUT2D eigenvalue weighted by Gasteiger charge is 2.26. The minimum Gasteiger partial charge on any atom is -0.302 e. The van der Waals surface area contributed by atoms with Gasteiger partial charge in [-0.1, -0.05) is 65.2 Å². The van der Waals surface area contributed by atoms with Crippen molar-refractivity contribution in [2.24, 2.45) is 0 Å². The van der Waals surface area contributed by atoms with E-state index in [1.807, 2.05) is 13.8 Å². The van der Waals surface area contributed by atoms with Gasteiger partial charge in [-0.25, -0.2) is 4.57 Å². The molecule has 0 aliphatic rings. The molecule has 4 nitrogen and oxygen atoms in total. The Labute approximate surface area is 131 Å². The third-order valence-corrected chi connectivity index (χ3v) is 4.81. The van der Waals surface area contributed by atoms with Crippen LogP contribution >= 0.6 is 7.82 Å². The molecule has 0 fully saturated rings. The van der Waals surface area contributed by atoms with Gasteiger partial charge in [0, 0.05) is 0 Å². The van der Waals surface area contributed by atoms with Crippen LogP contribution in [0.4, 0.5) is 0 Å². The van der Waals surface area contributed by atoms with Crippen LogP contribution in [0, 0.1) is 0 Å². The van der Waals surface area contributed by atoms with Gasteiger partial charge in [-0.05, 0) is 26.7 Å². The lowest BCUT2D eigenvalue weighted by molar-refractivity contribution is 0.0781. The van der Waals surface area contributed by atoms with Gasteiger partial charge >= 0.3 is 7.82 Å². The summed E-state index contributed by atoms with van der Waals surface area (Å²) >= 11 is 0. The summed E-state index contributed by atoms with van der Waals surface area (Å²) in [7, 11) is -3.92. The largest absolute Gasteiger partial charge is 0.472 e. The minimum atomic E-state index is -3.92. The van der Waals surface area contributed by atoms with E-state index in [4.69, 9.17) is 9.05 Å². The molecule has 0 radical (unpaired) electrons. The van der Waals surface area contributed by atoms with Crippen LogP contribution in [-0.4, -0.2) is 17.1 Å². The van der Waals surface area contributed by atoms with E-state index in [-0.39, 0.29) is 12.2 Å². The van der Waals surface area contributed by atoms with Crippen molar-refractivity contribution in [2.45, 2.75) is 104 Å². The quantitative estimate of drug-likeness (QED) is 0.322.